The Kier molecular flexibility index (Phi) is 3.86. The monoisotopic (exact) mass is 340 g/mol. The Bertz CT molecular complexity index is 858. The lowest BCUT2D eigenvalue weighted by molar-refractivity contribution is -0.120. The number of nitrogens with one attached hydrogen (secondary N) is 2. The number of aromatic nitrogens is 2. The van der Waals surface area contributed by atoms with E-state index in [1.807, 2.05) is 42.5 Å². The molecule has 0 spiro atoms. The number of benzene rings is 2. The number of hydrogen-bond acceptors (Lipinski definition) is 3. The van der Waals surface area contributed by atoms with Gasteiger partial charge in [-0.05, 0) is 37.1 Å². The number of fused-ring (bicyclic) bond motifs is 1. The molecule has 0 aliphatic carbocycles. The minimum atomic E-state index is -0.310. The molecule has 1 unspecified atom stereocenters. The number of carbonyl (C=O) groups excluding carboxylic acids is 1. The third-order valence-corrected chi connectivity index (χ3v) is 4.60. The SMILES string of the molecule is O=C1C(Nc2nc3ccccc3[nH]2)CCCN1c1ccccc1Cl. The standard InChI is InChI=1S/C18H17ClN4O/c19-12-6-1-4-10-16(12)23-11-5-9-15(17(23)24)22-18-20-13-7-2-3-8-14(13)21-18/h1-4,6-8,10,15H,5,9,11H2,(H2,20,21,22). The van der Waals surface area contributed by atoms with Gasteiger partial charge in [-0.2, -0.15) is 0 Å². The molecule has 6 heteroatoms. The Balaban J connectivity index is 1.57. The molecule has 4 rings (SSSR count). The van der Waals surface area contributed by atoms with Crippen molar-refractivity contribution in [3.63, 3.8) is 0 Å². The Hall–Kier alpha value is -2.53. The third-order valence-electron chi connectivity index (χ3n) is 4.28. The summed E-state index contributed by atoms with van der Waals surface area (Å²) in [4.78, 5) is 22.3. The van der Waals surface area contributed by atoms with Crippen LogP contribution in [-0.4, -0.2) is 28.5 Å². The first-order valence-electron chi connectivity index (χ1n) is 7.99. The Morgan fingerprint density at radius 3 is 2.79 bits per heavy atom. The second-order valence-corrected chi connectivity index (χ2v) is 6.29. The summed E-state index contributed by atoms with van der Waals surface area (Å²) < 4.78 is 0. The van der Waals surface area contributed by atoms with E-state index in [-0.39, 0.29) is 11.9 Å². The van der Waals surface area contributed by atoms with E-state index in [0.717, 1.165) is 29.6 Å². The number of piperidine rings is 1. The average molecular weight is 341 g/mol. The predicted octanol–water partition coefficient (Wildman–Crippen LogP) is 3.82. The largest absolute Gasteiger partial charge is 0.344 e. The Labute approximate surface area is 144 Å². The molecule has 0 saturated carbocycles. The van der Waals surface area contributed by atoms with Gasteiger partial charge in [0.15, 0.2) is 0 Å². The zero-order chi connectivity index (χ0) is 16.5. The first-order valence-corrected chi connectivity index (χ1v) is 8.37. The fourth-order valence-electron chi connectivity index (χ4n) is 3.11. The van der Waals surface area contributed by atoms with E-state index in [1.165, 1.54) is 0 Å². The van der Waals surface area contributed by atoms with Crippen LogP contribution in [0.25, 0.3) is 11.0 Å². The van der Waals surface area contributed by atoms with Gasteiger partial charge >= 0.3 is 0 Å². The fraction of sp³-hybridized carbons (Fsp3) is 0.222. The highest BCUT2D eigenvalue weighted by atomic mass is 35.5. The summed E-state index contributed by atoms with van der Waals surface area (Å²) in [5, 5.41) is 3.83. The minimum absolute atomic E-state index is 0.0230. The van der Waals surface area contributed by atoms with E-state index in [9.17, 15) is 4.79 Å². The van der Waals surface area contributed by atoms with Crippen molar-refractivity contribution < 1.29 is 4.79 Å². The molecule has 2 aromatic carbocycles. The van der Waals surface area contributed by atoms with Crippen LogP contribution in [0.3, 0.4) is 0 Å². The van der Waals surface area contributed by atoms with Crippen molar-refractivity contribution in [2.24, 2.45) is 0 Å². The number of H-pyrrole nitrogens is 1. The van der Waals surface area contributed by atoms with Crippen LogP contribution in [0.5, 0.6) is 0 Å². The molecule has 1 aliphatic rings. The van der Waals surface area contributed by atoms with E-state index < -0.39 is 0 Å². The summed E-state index contributed by atoms with van der Waals surface area (Å²) in [6.07, 6.45) is 1.69. The van der Waals surface area contributed by atoms with Crippen molar-refractivity contribution in [2.45, 2.75) is 18.9 Å². The average Bonchev–Trinajstić information content (AvgIpc) is 3.00. The summed E-state index contributed by atoms with van der Waals surface area (Å²) >= 11 is 6.25. The highest BCUT2D eigenvalue weighted by Gasteiger charge is 2.31. The van der Waals surface area contributed by atoms with Crippen LogP contribution in [0.2, 0.25) is 5.02 Å². The van der Waals surface area contributed by atoms with Gasteiger partial charge in [-0.3, -0.25) is 4.79 Å². The number of anilines is 2. The lowest BCUT2D eigenvalue weighted by Gasteiger charge is -2.33. The topological polar surface area (TPSA) is 61.0 Å². The van der Waals surface area contributed by atoms with Gasteiger partial charge in [-0.1, -0.05) is 35.9 Å². The molecule has 1 aromatic heterocycles. The van der Waals surface area contributed by atoms with Crippen LogP contribution >= 0.6 is 11.6 Å². The molecule has 5 nitrogen and oxygen atoms in total. The van der Waals surface area contributed by atoms with Gasteiger partial charge in [0.1, 0.15) is 6.04 Å². The molecule has 24 heavy (non-hydrogen) atoms. The van der Waals surface area contributed by atoms with Gasteiger partial charge < -0.3 is 15.2 Å². The van der Waals surface area contributed by atoms with Crippen molar-refractivity contribution in [1.29, 1.82) is 0 Å². The third kappa shape index (κ3) is 2.71. The van der Waals surface area contributed by atoms with Crippen molar-refractivity contribution in [1.82, 2.24) is 9.97 Å². The molecule has 122 valence electrons. The van der Waals surface area contributed by atoms with Gasteiger partial charge in [0.05, 0.1) is 21.7 Å². The first kappa shape index (κ1) is 15.0. The molecule has 1 amide bonds. The summed E-state index contributed by atoms with van der Waals surface area (Å²) in [7, 11) is 0. The highest BCUT2D eigenvalue weighted by molar-refractivity contribution is 6.33. The molecule has 1 fully saturated rings. The summed E-state index contributed by atoms with van der Waals surface area (Å²) in [6.45, 7) is 0.681. The Morgan fingerprint density at radius 2 is 1.96 bits per heavy atom. The number of rotatable bonds is 3. The minimum Gasteiger partial charge on any atom is -0.344 e. The van der Waals surface area contributed by atoms with Crippen LogP contribution in [0.1, 0.15) is 12.8 Å². The fourth-order valence-corrected chi connectivity index (χ4v) is 3.34. The van der Waals surface area contributed by atoms with Crippen LogP contribution in [0, 0.1) is 0 Å². The number of hydrogen-bond donors (Lipinski definition) is 2. The van der Waals surface area contributed by atoms with E-state index in [4.69, 9.17) is 11.6 Å². The van der Waals surface area contributed by atoms with Crippen LogP contribution < -0.4 is 10.2 Å². The normalized spacial score (nSPS) is 18.1. The number of para-hydroxylation sites is 3. The van der Waals surface area contributed by atoms with Crippen molar-refractivity contribution in [3.05, 3.63) is 53.6 Å². The van der Waals surface area contributed by atoms with E-state index in [0.29, 0.717) is 17.5 Å². The molecule has 2 heterocycles. The van der Waals surface area contributed by atoms with Gasteiger partial charge in [0.2, 0.25) is 11.9 Å². The van der Waals surface area contributed by atoms with Gasteiger partial charge in [0.25, 0.3) is 0 Å². The second-order valence-electron chi connectivity index (χ2n) is 5.88. The van der Waals surface area contributed by atoms with E-state index in [1.54, 1.807) is 11.0 Å². The number of aromatic amines is 1. The van der Waals surface area contributed by atoms with Gasteiger partial charge in [-0.25, -0.2) is 4.98 Å². The van der Waals surface area contributed by atoms with Crippen LogP contribution in [-0.2, 0) is 4.79 Å². The summed E-state index contributed by atoms with van der Waals surface area (Å²) in [5.74, 6) is 0.644. The van der Waals surface area contributed by atoms with Crippen LogP contribution in [0.4, 0.5) is 11.6 Å². The highest BCUT2D eigenvalue weighted by Crippen LogP contribution is 2.29. The lowest BCUT2D eigenvalue weighted by Crippen LogP contribution is -2.48. The second kappa shape index (κ2) is 6.17. The number of amides is 1. The zero-order valence-corrected chi connectivity index (χ0v) is 13.8. The lowest BCUT2D eigenvalue weighted by atomic mass is 10.0. The van der Waals surface area contributed by atoms with Gasteiger partial charge in [0, 0.05) is 6.54 Å². The van der Waals surface area contributed by atoms with E-state index >= 15 is 0 Å². The molecule has 3 aromatic rings. The number of carbonyl (C=O) groups is 1. The maximum absolute atomic E-state index is 12.9. The molecule has 1 atom stereocenters. The van der Waals surface area contributed by atoms with Crippen LogP contribution in [0.15, 0.2) is 48.5 Å². The maximum Gasteiger partial charge on any atom is 0.249 e. The Morgan fingerprint density at radius 1 is 1.17 bits per heavy atom. The molecule has 1 aliphatic heterocycles. The smallest absolute Gasteiger partial charge is 0.249 e. The molecule has 0 radical (unpaired) electrons. The molecular weight excluding hydrogens is 324 g/mol. The quantitative estimate of drug-likeness (QED) is 0.762. The van der Waals surface area contributed by atoms with Gasteiger partial charge in [-0.15, -0.1) is 0 Å². The van der Waals surface area contributed by atoms with Crippen molar-refractivity contribution in [3.8, 4) is 0 Å². The van der Waals surface area contributed by atoms with Crippen molar-refractivity contribution >= 4 is 40.2 Å². The van der Waals surface area contributed by atoms with E-state index in [2.05, 4.69) is 15.3 Å². The molecule has 0 bridgehead atoms. The zero-order valence-electron chi connectivity index (χ0n) is 13.0. The first-order chi connectivity index (χ1) is 11.7. The number of halogens is 1. The summed E-state index contributed by atoms with van der Waals surface area (Å²) in [5.41, 5.74) is 2.60. The molecular formula is C18H17ClN4O. The number of imidazole rings is 1. The molecule has 2 N–H and O–H groups in total. The number of nitrogens with zero attached hydrogens (tertiary/aromatic N) is 2. The summed E-state index contributed by atoms with van der Waals surface area (Å²) in [6, 6.07) is 14.9. The predicted molar refractivity (Wildman–Crippen MR) is 96.5 cm³/mol. The molecule has 1 saturated heterocycles. The maximum atomic E-state index is 12.9. The van der Waals surface area contributed by atoms with Crippen molar-refractivity contribution in [2.75, 3.05) is 16.8 Å².